The zero-order chi connectivity index (χ0) is 14.4. The molecule has 0 aromatic heterocycles. The summed E-state index contributed by atoms with van der Waals surface area (Å²) in [6, 6.07) is 0. The standard InChI is InChI=1S/C14H17O4.W.Y/c1-3-18-14(17)13(16)12-7-5-4-6-11(9-12)8-10(2)15;;/h2,4,7-8,12-13,15-16H,3,5-6H2,1H3;;/q-3;;/b11-8-;;. The van der Waals surface area contributed by atoms with Crippen molar-refractivity contribution in [3.05, 3.63) is 36.8 Å². The third-order valence-corrected chi connectivity index (χ3v) is 4.65. The van der Waals surface area contributed by atoms with E-state index in [1.54, 1.807) is 6.92 Å². The Labute approximate surface area is 155 Å². The van der Waals surface area contributed by atoms with Gasteiger partial charge in [0.05, 0.1) is 0 Å². The Hall–Kier alpha value is 0.372. The molecule has 109 valence electrons. The summed E-state index contributed by atoms with van der Waals surface area (Å²) < 4.78 is 5.74. The van der Waals surface area contributed by atoms with E-state index in [0.717, 1.165) is 28.8 Å². The van der Waals surface area contributed by atoms with Gasteiger partial charge in [-0.15, -0.1) is 0 Å². The van der Waals surface area contributed by atoms with Gasteiger partial charge in [-0.2, -0.15) is 0 Å². The van der Waals surface area contributed by atoms with Crippen LogP contribution in [0.5, 0.6) is 0 Å². The van der Waals surface area contributed by atoms with Crippen molar-refractivity contribution in [3.63, 3.8) is 0 Å². The van der Waals surface area contributed by atoms with Crippen LogP contribution in [0.4, 0.5) is 0 Å². The first-order valence-corrected chi connectivity index (χ1v) is 7.50. The first-order valence-electron chi connectivity index (χ1n) is 6.03. The Bertz CT molecular complexity index is 406. The van der Waals surface area contributed by atoms with Crippen LogP contribution < -0.4 is 0 Å². The molecule has 1 saturated carbocycles. The predicted octanol–water partition coefficient (Wildman–Crippen LogP) is 1.25. The molecule has 0 saturated heterocycles. The van der Waals surface area contributed by atoms with E-state index in [4.69, 9.17) is 16.4 Å². The molecule has 2 atom stereocenters. The van der Waals surface area contributed by atoms with Crippen LogP contribution in [0.15, 0.2) is 17.4 Å². The first kappa shape index (κ1) is 20.4. The third kappa shape index (κ3) is 6.01. The number of rotatable bonds is 4. The second-order valence-electron chi connectivity index (χ2n) is 4.15. The Morgan fingerprint density at radius 1 is 1.70 bits per heavy atom. The van der Waals surface area contributed by atoms with E-state index in [1.807, 2.05) is 12.8 Å². The van der Waals surface area contributed by atoms with Crippen LogP contribution in [0.1, 0.15) is 19.8 Å². The number of aliphatic hydroxyl groups excluding tert-OH is 2. The zero-order valence-electron chi connectivity index (χ0n) is 11.3. The van der Waals surface area contributed by atoms with E-state index < -0.39 is 18.0 Å². The van der Waals surface area contributed by atoms with Crippen LogP contribution in [0.2, 0.25) is 0 Å². The van der Waals surface area contributed by atoms with Gasteiger partial charge in [0.25, 0.3) is 0 Å². The number of allylic oxidation sites excluding steroid dienone is 2. The molecule has 0 aromatic rings. The van der Waals surface area contributed by atoms with Gasteiger partial charge in [0, 0.05) is 32.7 Å². The molecular weight excluding hydrogens is 505 g/mol. The van der Waals surface area contributed by atoms with Crippen LogP contribution in [0.3, 0.4) is 0 Å². The molecule has 0 amide bonds. The minimum absolute atomic E-state index is 0. The number of hydrogen-bond acceptors (Lipinski definition) is 4. The maximum absolute atomic E-state index is 11.6. The maximum Gasteiger partial charge on any atom is 0 e. The molecule has 0 aromatic carbocycles. The van der Waals surface area contributed by atoms with Crippen LogP contribution in [-0.4, -0.2) is 32.8 Å². The number of hydrogen-bond donors (Lipinski definition) is 2. The van der Waals surface area contributed by atoms with E-state index in [-0.39, 0.29) is 45.1 Å². The molecule has 0 heterocycles. The summed E-state index contributed by atoms with van der Waals surface area (Å²) in [5.74, 6) is -1.28. The van der Waals surface area contributed by atoms with Gasteiger partial charge in [-0.25, -0.2) is 0 Å². The van der Waals surface area contributed by atoms with Crippen molar-refractivity contribution in [2.75, 3.05) is 6.61 Å². The molecular formula is C14H17O4WY-3. The second-order valence-corrected chi connectivity index (χ2v) is 5.73. The molecule has 2 N–H and O–H groups in total. The SMILES string of the molecule is [CH-]=C(O)/C=C1/C[CH-]C[CH-]C(C(O)C(=O)OCC)[C]1=[W].[Y]. The number of esters is 1. The number of carbonyl (C=O) groups excluding carboxylic acids is 1. The monoisotopic (exact) mass is 522 g/mol. The molecule has 1 aliphatic rings. The molecule has 1 aliphatic carbocycles. The van der Waals surface area contributed by atoms with Gasteiger partial charge in [-0.05, 0) is 0 Å². The number of carbonyl (C=O) groups is 1. The summed E-state index contributed by atoms with van der Waals surface area (Å²) in [5.41, 5.74) is 0.845. The summed E-state index contributed by atoms with van der Waals surface area (Å²) in [7, 11) is 0. The number of ether oxygens (including phenoxy) is 1. The summed E-state index contributed by atoms with van der Waals surface area (Å²) in [5, 5.41) is 19.2. The van der Waals surface area contributed by atoms with Gasteiger partial charge in [0.2, 0.25) is 0 Å². The average molecular weight is 522 g/mol. The van der Waals surface area contributed by atoms with Crippen molar-refractivity contribution in [2.24, 2.45) is 5.92 Å². The second kappa shape index (κ2) is 10.2. The van der Waals surface area contributed by atoms with Crippen LogP contribution in [-0.2, 0) is 61.6 Å². The average Bonchev–Trinajstić information content (AvgIpc) is 2.51. The van der Waals surface area contributed by atoms with Gasteiger partial charge < -0.3 is 0 Å². The van der Waals surface area contributed by atoms with E-state index in [1.165, 1.54) is 6.08 Å². The summed E-state index contributed by atoms with van der Waals surface area (Å²) in [6.07, 6.45) is 5.50. The predicted molar refractivity (Wildman–Crippen MR) is 67.5 cm³/mol. The van der Waals surface area contributed by atoms with E-state index >= 15 is 0 Å². The summed E-state index contributed by atoms with van der Waals surface area (Å²) >= 11 is 1.13. The Morgan fingerprint density at radius 2 is 2.35 bits per heavy atom. The molecule has 0 spiro atoms. The van der Waals surface area contributed by atoms with Crippen LogP contribution in [0.25, 0.3) is 0 Å². The fourth-order valence-electron chi connectivity index (χ4n) is 1.86. The normalized spacial score (nSPS) is 22.6. The molecule has 1 rings (SSSR count). The minimum Gasteiger partial charge on any atom is 0 e. The van der Waals surface area contributed by atoms with Gasteiger partial charge in [-0.1, -0.05) is 0 Å². The van der Waals surface area contributed by atoms with E-state index in [2.05, 4.69) is 0 Å². The Kier molecular flexibility index (Phi) is 10.3. The van der Waals surface area contributed by atoms with Crippen molar-refractivity contribution in [1.29, 1.82) is 0 Å². The van der Waals surface area contributed by atoms with Gasteiger partial charge in [0.1, 0.15) is 0 Å². The van der Waals surface area contributed by atoms with Gasteiger partial charge in [0.15, 0.2) is 0 Å². The van der Waals surface area contributed by atoms with E-state index in [9.17, 15) is 9.90 Å². The Balaban J connectivity index is 0.00000361. The Morgan fingerprint density at radius 3 is 2.90 bits per heavy atom. The quantitative estimate of drug-likeness (QED) is 0.253. The first-order chi connectivity index (χ1) is 8.97. The molecule has 1 fully saturated rings. The third-order valence-electron chi connectivity index (χ3n) is 2.73. The van der Waals surface area contributed by atoms with Gasteiger partial charge in [-0.3, -0.25) is 0 Å². The van der Waals surface area contributed by atoms with Crippen molar-refractivity contribution in [3.8, 4) is 0 Å². The molecule has 6 heteroatoms. The number of aliphatic hydroxyl groups is 2. The fourth-order valence-corrected chi connectivity index (χ4v) is 3.18. The minimum atomic E-state index is -1.21. The summed E-state index contributed by atoms with van der Waals surface area (Å²) in [4.78, 5) is 11.6. The van der Waals surface area contributed by atoms with Crippen molar-refractivity contribution >= 4 is 9.87 Å². The van der Waals surface area contributed by atoms with E-state index in [0.29, 0.717) is 12.8 Å². The van der Waals surface area contributed by atoms with Gasteiger partial charge >= 0.3 is 124 Å². The molecule has 0 bridgehead atoms. The molecule has 0 aliphatic heterocycles. The largest absolute Gasteiger partial charge is 0 e. The molecule has 4 nitrogen and oxygen atoms in total. The molecule has 20 heavy (non-hydrogen) atoms. The smallest absolute Gasteiger partial charge is 0 e. The van der Waals surface area contributed by atoms with Crippen molar-refractivity contribution in [2.45, 2.75) is 25.9 Å². The van der Waals surface area contributed by atoms with Crippen LogP contribution in [0, 0.1) is 25.3 Å². The summed E-state index contributed by atoms with van der Waals surface area (Å²) in [6.45, 7) is 7.21. The fraction of sp³-hybridized carbons (Fsp3) is 0.429. The maximum atomic E-state index is 11.6. The van der Waals surface area contributed by atoms with Crippen LogP contribution >= 0.6 is 0 Å². The topological polar surface area (TPSA) is 66.8 Å². The van der Waals surface area contributed by atoms with Crippen molar-refractivity contribution in [1.82, 2.24) is 0 Å². The van der Waals surface area contributed by atoms with Crippen molar-refractivity contribution < 1.29 is 71.8 Å². The molecule has 1 radical (unpaired) electrons. The molecule has 2 unspecified atom stereocenters. The zero-order valence-corrected chi connectivity index (χ0v) is 17.1.